The topological polar surface area (TPSA) is 45.2 Å². The van der Waals surface area contributed by atoms with Gasteiger partial charge in [-0.1, -0.05) is 36.4 Å². The molecule has 28 heavy (non-hydrogen) atoms. The van der Waals surface area contributed by atoms with Crippen molar-refractivity contribution in [3.63, 3.8) is 0 Å². The lowest BCUT2D eigenvalue weighted by atomic mass is 10.0. The maximum atomic E-state index is 13.0. The highest BCUT2D eigenvalue weighted by atomic mass is 19.1. The summed E-state index contributed by atoms with van der Waals surface area (Å²) in [6.45, 7) is 1.29. The van der Waals surface area contributed by atoms with Crippen molar-refractivity contribution in [1.29, 1.82) is 0 Å². The van der Waals surface area contributed by atoms with Crippen LogP contribution in [0.2, 0.25) is 0 Å². The lowest BCUT2D eigenvalue weighted by Crippen LogP contribution is -2.27. The molecule has 1 amide bonds. The molecule has 3 rings (SSSR count). The molecule has 1 N–H and O–H groups in total. The minimum atomic E-state index is -0.262. The van der Waals surface area contributed by atoms with E-state index in [9.17, 15) is 9.18 Å². The molecule has 144 valence electrons. The maximum absolute atomic E-state index is 13.0. The van der Waals surface area contributed by atoms with E-state index in [4.69, 9.17) is 0 Å². The molecule has 4 nitrogen and oxygen atoms in total. The van der Waals surface area contributed by atoms with Crippen LogP contribution < -0.4 is 5.32 Å². The van der Waals surface area contributed by atoms with Crippen molar-refractivity contribution in [2.45, 2.75) is 13.0 Å². The Bertz CT molecular complexity index is 939. The number of amides is 1. The van der Waals surface area contributed by atoms with E-state index in [1.807, 2.05) is 38.4 Å². The highest BCUT2D eigenvalue weighted by Gasteiger charge is 2.14. The van der Waals surface area contributed by atoms with E-state index >= 15 is 0 Å². The van der Waals surface area contributed by atoms with Crippen LogP contribution in [-0.4, -0.2) is 36.4 Å². The van der Waals surface area contributed by atoms with Crippen LogP contribution in [0, 0.1) is 5.82 Å². The summed E-state index contributed by atoms with van der Waals surface area (Å²) in [5.41, 5.74) is 4.33. The van der Waals surface area contributed by atoms with E-state index in [0.29, 0.717) is 18.7 Å². The Morgan fingerprint density at radius 3 is 2.57 bits per heavy atom. The molecule has 0 radical (unpaired) electrons. The third-order valence-corrected chi connectivity index (χ3v) is 4.37. The van der Waals surface area contributed by atoms with Crippen LogP contribution in [0.25, 0.3) is 11.1 Å². The summed E-state index contributed by atoms with van der Waals surface area (Å²) in [7, 11) is 4.05. The minimum Gasteiger partial charge on any atom is -0.350 e. The van der Waals surface area contributed by atoms with Gasteiger partial charge in [-0.15, -0.1) is 0 Å². The van der Waals surface area contributed by atoms with Gasteiger partial charge in [-0.3, -0.25) is 9.78 Å². The molecule has 0 aliphatic heterocycles. The smallest absolute Gasteiger partial charge is 0.270 e. The molecule has 3 aromatic rings. The predicted octanol–water partition coefficient (Wildman–Crippen LogP) is 3.92. The van der Waals surface area contributed by atoms with Crippen LogP contribution in [0.15, 0.2) is 66.9 Å². The zero-order chi connectivity index (χ0) is 19.9. The fourth-order valence-corrected chi connectivity index (χ4v) is 3.08. The third kappa shape index (κ3) is 5.24. The van der Waals surface area contributed by atoms with Gasteiger partial charge in [0, 0.05) is 24.8 Å². The molecule has 2 aromatic carbocycles. The summed E-state index contributed by atoms with van der Waals surface area (Å²) < 4.78 is 13.0. The summed E-state index contributed by atoms with van der Waals surface area (Å²) in [6, 6.07) is 18.2. The number of hydrogen-bond donors (Lipinski definition) is 1. The Kier molecular flexibility index (Phi) is 6.50. The first kappa shape index (κ1) is 19.7. The van der Waals surface area contributed by atoms with Gasteiger partial charge in [0.1, 0.15) is 11.5 Å². The van der Waals surface area contributed by atoms with E-state index in [1.54, 1.807) is 18.3 Å². The monoisotopic (exact) mass is 377 g/mol. The van der Waals surface area contributed by atoms with Crippen LogP contribution in [0.1, 0.15) is 21.6 Å². The van der Waals surface area contributed by atoms with Gasteiger partial charge >= 0.3 is 0 Å². The van der Waals surface area contributed by atoms with Crippen molar-refractivity contribution in [2.24, 2.45) is 0 Å². The zero-order valence-corrected chi connectivity index (χ0v) is 16.2. The fraction of sp³-hybridized carbons (Fsp3) is 0.217. The number of carbonyl (C=O) groups is 1. The second-order valence-corrected chi connectivity index (χ2v) is 6.97. The van der Waals surface area contributed by atoms with E-state index in [2.05, 4.69) is 27.3 Å². The summed E-state index contributed by atoms with van der Waals surface area (Å²) in [5.74, 6) is -0.474. The number of aromatic nitrogens is 1. The minimum absolute atomic E-state index is 0.212. The Morgan fingerprint density at radius 1 is 1.04 bits per heavy atom. The second kappa shape index (κ2) is 9.24. The Morgan fingerprint density at radius 2 is 1.82 bits per heavy atom. The summed E-state index contributed by atoms with van der Waals surface area (Å²) in [6.07, 6.45) is 2.26. The van der Waals surface area contributed by atoms with Crippen LogP contribution in [0.5, 0.6) is 0 Å². The first-order valence-corrected chi connectivity index (χ1v) is 9.24. The summed E-state index contributed by atoms with van der Waals surface area (Å²) in [5, 5.41) is 2.92. The van der Waals surface area contributed by atoms with Crippen molar-refractivity contribution in [3.8, 4) is 11.1 Å². The molecule has 0 aliphatic carbocycles. The number of pyridine rings is 1. The number of rotatable bonds is 7. The molecule has 0 spiro atoms. The van der Waals surface area contributed by atoms with Gasteiger partial charge in [-0.2, -0.15) is 0 Å². The van der Waals surface area contributed by atoms with Gasteiger partial charge < -0.3 is 10.2 Å². The SMILES string of the molecule is CN(C)Cc1cccc(-c2cccnc2C(=O)NCCc2ccc(F)cc2)c1. The van der Waals surface area contributed by atoms with Gasteiger partial charge in [0.25, 0.3) is 5.91 Å². The highest BCUT2D eigenvalue weighted by molar-refractivity contribution is 5.98. The Labute approximate surface area is 165 Å². The molecule has 1 aromatic heterocycles. The molecule has 0 unspecified atom stereocenters. The number of halogens is 1. The maximum Gasteiger partial charge on any atom is 0.270 e. The largest absolute Gasteiger partial charge is 0.350 e. The van der Waals surface area contributed by atoms with Crippen molar-refractivity contribution < 1.29 is 9.18 Å². The molecule has 0 atom stereocenters. The van der Waals surface area contributed by atoms with Crippen molar-refractivity contribution >= 4 is 5.91 Å². The van der Waals surface area contributed by atoms with Gasteiger partial charge in [0.15, 0.2) is 0 Å². The predicted molar refractivity (Wildman–Crippen MR) is 110 cm³/mol. The number of hydrogen-bond acceptors (Lipinski definition) is 3. The Balaban J connectivity index is 1.72. The number of carbonyl (C=O) groups excluding carboxylic acids is 1. The van der Waals surface area contributed by atoms with Crippen LogP contribution in [0.3, 0.4) is 0 Å². The van der Waals surface area contributed by atoms with Gasteiger partial charge in [-0.25, -0.2) is 4.39 Å². The zero-order valence-electron chi connectivity index (χ0n) is 16.2. The molecule has 0 saturated carbocycles. The van der Waals surface area contributed by atoms with Crippen LogP contribution >= 0.6 is 0 Å². The number of nitrogens with one attached hydrogen (secondary N) is 1. The van der Waals surface area contributed by atoms with Gasteiger partial charge in [0.2, 0.25) is 0 Å². The van der Waals surface area contributed by atoms with Crippen molar-refractivity contribution in [3.05, 3.63) is 89.5 Å². The van der Waals surface area contributed by atoms with Gasteiger partial charge in [0.05, 0.1) is 0 Å². The van der Waals surface area contributed by atoms with Crippen LogP contribution in [-0.2, 0) is 13.0 Å². The fourth-order valence-electron chi connectivity index (χ4n) is 3.08. The summed E-state index contributed by atoms with van der Waals surface area (Å²) in [4.78, 5) is 19.1. The second-order valence-electron chi connectivity index (χ2n) is 6.97. The summed E-state index contributed by atoms with van der Waals surface area (Å²) >= 11 is 0. The van der Waals surface area contributed by atoms with Crippen molar-refractivity contribution in [1.82, 2.24) is 15.2 Å². The van der Waals surface area contributed by atoms with Gasteiger partial charge in [-0.05, 0) is 61.5 Å². The van der Waals surface area contributed by atoms with E-state index in [1.165, 1.54) is 17.7 Å². The lowest BCUT2D eigenvalue weighted by Gasteiger charge is -2.13. The van der Waals surface area contributed by atoms with Crippen LogP contribution in [0.4, 0.5) is 4.39 Å². The van der Waals surface area contributed by atoms with E-state index < -0.39 is 0 Å². The molecule has 0 bridgehead atoms. The Hall–Kier alpha value is -3.05. The molecule has 0 fully saturated rings. The molecular formula is C23H24FN3O. The molecule has 5 heteroatoms. The highest BCUT2D eigenvalue weighted by Crippen LogP contribution is 2.23. The molecule has 1 heterocycles. The standard InChI is InChI=1S/C23H24FN3O/c1-27(2)16-18-5-3-6-19(15-18)21-7-4-13-25-22(21)23(28)26-14-12-17-8-10-20(24)11-9-17/h3-11,13,15H,12,14,16H2,1-2H3,(H,26,28). The lowest BCUT2D eigenvalue weighted by molar-refractivity contribution is 0.0950. The first-order chi connectivity index (χ1) is 13.5. The van der Waals surface area contributed by atoms with E-state index in [0.717, 1.165) is 23.2 Å². The number of benzene rings is 2. The number of nitrogens with zero attached hydrogens (tertiary/aromatic N) is 2. The quantitative estimate of drug-likeness (QED) is 0.679. The molecule has 0 aliphatic rings. The average molecular weight is 377 g/mol. The third-order valence-electron chi connectivity index (χ3n) is 4.37. The molecule has 0 saturated heterocycles. The van der Waals surface area contributed by atoms with Crippen molar-refractivity contribution in [2.75, 3.05) is 20.6 Å². The average Bonchev–Trinajstić information content (AvgIpc) is 2.69. The van der Waals surface area contributed by atoms with E-state index in [-0.39, 0.29) is 11.7 Å². The normalized spacial score (nSPS) is 10.9. The molecular weight excluding hydrogens is 353 g/mol. The first-order valence-electron chi connectivity index (χ1n) is 9.24.